The topological polar surface area (TPSA) is 95.9 Å². The second kappa shape index (κ2) is 7.19. The number of aliphatic carboxylic acids is 1. The number of carbonyl (C=O) groups excluding carboxylic acids is 1. The quantitative estimate of drug-likeness (QED) is 0.522. The molecule has 0 aromatic carbocycles. The standard InChI is InChI=1S/C9H17NO5/c1-6(5-15-2)3-8(12)10-7(4-11)9(13)14/h6-7,11H,3-5H2,1-2H3,(H,10,12)(H,13,14)/t6?,7-/m0/s1. The van der Waals surface area contributed by atoms with Gasteiger partial charge in [-0.15, -0.1) is 0 Å². The van der Waals surface area contributed by atoms with E-state index in [-0.39, 0.29) is 12.3 Å². The fourth-order valence-electron chi connectivity index (χ4n) is 1.10. The van der Waals surface area contributed by atoms with Gasteiger partial charge < -0.3 is 20.3 Å². The van der Waals surface area contributed by atoms with Gasteiger partial charge in [0, 0.05) is 20.1 Å². The van der Waals surface area contributed by atoms with E-state index in [2.05, 4.69) is 5.32 Å². The van der Waals surface area contributed by atoms with Gasteiger partial charge >= 0.3 is 5.97 Å². The SMILES string of the molecule is COCC(C)CC(=O)N[C@@H](CO)C(=O)O. The molecule has 0 aromatic rings. The third-order valence-electron chi connectivity index (χ3n) is 1.80. The average molecular weight is 219 g/mol. The van der Waals surface area contributed by atoms with E-state index >= 15 is 0 Å². The van der Waals surface area contributed by atoms with Crippen molar-refractivity contribution in [1.29, 1.82) is 0 Å². The van der Waals surface area contributed by atoms with Crippen molar-refractivity contribution in [2.45, 2.75) is 19.4 Å². The van der Waals surface area contributed by atoms with Crippen LogP contribution in [0.3, 0.4) is 0 Å². The normalized spacial score (nSPS) is 14.3. The Balaban J connectivity index is 3.96. The zero-order chi connectivity index (χ0) is 11.8. The maximum absolute atomic E-state index is 11.3. The summed E-state index contributed by atoms with van der Waals surface area (Å²) in [5, 5.41) is 19.4. The molecule has 0 rings (SSSR count). The lowest BCUT2D eigenvalue weighted by molar-refractivity contribution is -0.143. The minimum atomic E-state index is -1.25. The second-order valence-electron chi connectivity index (χ2n) is 3.41. The highest BCUT2D eigenvalue weighted by molar-refractivity contribution is 5.83. The van der Waals surface area contributed by atoms with E-state index in [1.54, 1.807) is 0 Å². The Bertz CT molecular complexity index is 219. The van der Waals surface area contributed by atoms with Crippen molar-refractivity contribution in [3.63, 3.8) is 0 Å². The largest absolute Gasteiger partial charge is 0.480 e. The molecule has 0 radical (unpaired) electrons. The monoisotopic (exact) mass is 219 g/mol. The van der Waals surface area contributed by atoms with Crippen molar-refractivity contribution in [1.82, 2.24) is 5.32 Å². The molecule has 0 aliphatic rings. The fraction of sp³-hybridized carbons (Fsp3) is 0.778. The molecule has 6 heteroatoms. The molecule has 0 heterocycles. The van der Waals surface area contributed by atoms with Gasteiger partial charge in [0.15, 0.2) is 0 Å². The molecule has 88 valence electrons. The van der Waals surface area contributed by atoms with E-state index in [0.717, 1.165) is 0 Å². The van der Waals surface area contributed by atoms with E-state index in [1.165, 1.54) is 7.11 Å². The molecule has 0 aliphatic carbocycles. The summed E-state index contributed by atoms with van der Waals surface area (Å²) >= 11 is 0. The number of methoxy groups -OCH3 is 1. The van der Waals surface area contributed by atoms with Gasteiger partial charge in [0.1, 0.15) is 6.04 Å². The molecule has 0 bridgehead atoms. The van der Waals surface area contributed by atoms with Crippen LogP contribution in [0.4, 0.5) is 0 Å². The highest BCUT2D eigenvalue weighted by Gasteiger charge is 2.19. The van der Waals surface area contributed by atoms with Crippen molar-refractivity contribution in [3.8, 4) is 0 Å². The molecule has 0 aromatic heterocycles. The van der Waals surface area contributed by atoms with Gasteiger partial charge in [-0.25, -0.2) is 4.79 Å². The summed E-state index contributed by atoms with van der Waals surface area (Å²) in [4.78, 5) is 21.7. The number of ether oxygens (including phenoxy) is 1. The highest BCUT2D eigenvalue weighted by Crippen LogP contribution is 2.01. The summed E-state index contributed by atoms with van der Waals surface area (Å²) in [6, 6.07) is -1.23. The second-order valence-corrected chi connectivity index (χ2v) is 3.41. The summed E-state index contributed by atoms with van der Waals surface area (Å²) in [5.41, 5.74) is 0. The first-order valence-corrected chi connectivity index (χ1v) is 4.63. The molecular weight excluding hydrogens is 202 g/mol. The zero-order valence-electron chi connectivity index (χ0n) is 8.90. The van der Waals surface area contributed by atoms with Crippen molar-refractivity contribution in [2.24, 2.45) is 5.92 Å². The first kappa shape index (κ1) is 13.9. The van der Waals surface area contributed by atoms with Gasteiger partial charge in [-0.2, -0.15) is 0 Å². The van der Waals surface area contributed by atoms with Crippen LogP contribution in [-0.2, 0) is 14.3 Å². The van der Waals surface area contributed by atoms with Crippen LogP contribution in [0.25, 0.3) is 0 Å². The van der Waals surface area contributed by atoms with Crippen LogP contribution in [0, 0.1) is 5.92 Å². The third-order valence-corrected chi connectivity index (χ3v) is 1.80. The van der Waals surface area contributed by atoms with Crippen molar-refractivity contribution >= 4 is 11.9 Å². The number of hydrogen-bond donors (Lipinski definition) is 3. The molecule has 1 amide bonds. The first-order valence-electron chi connectivity index (χ1n) is 4.63. The lowest BCUT2D eigenvalue weighted by atomic mass is 10.1. The molecule has 3 N–H and O–H groups in total. The lowest BCUT2D eigenvalue weighted by Crippen LogP contribution is -2.43. The minimum Gasteiger partial charge on any atom is -0.480 e. The number of carboxylic acid groups (broad SMARTS) is 1. The molecule has 0 saturated heterocycles. The number of carboxylic acids is 1. The van der Waals surface area contributed by atoms with Crippen molar-refractivity contribution < 1.29 is 24.5 Å². The predicted octanol–water partition coefficient (Wildman–Crippen LogP) is -0.779. The Morgan fingerprint density at radius 2 is 2.07 bits per heavy atom. The van der Waals surface area contributed by atoms with Gasteiger partial charge in [0.2, 0.25) is 5.91 Å². The zero-order valence-corrected chi connectivity index (χ0v) is 8.90. The Hall–Kier alpha value is -1.14. The Morgan fingerprint density at radius 1 is 1.47 bits per heavy atom. The summed E-state index contributed by atoms with van der Waals surface area (Å²) in [5.74, 6) is -1.63. The van der Waals surface area contributed by atoms with E-state index in [4.69, 9.17) is 14.9 Å². The number of hydrogen-bond acceptors (Lipinski definition) is 4. The highest BCUT2D eigenvalue weighted by atomic mass is 16.5. The summed E-state index contributed by atoms with van der Waals surface area (Å²) in [6.07, 6.45) is 0.178. The molecule has 0 spiro atoms. The van der Waals surface area contributed by atoms with Crippen LogP contribution < -0.4 is 5.32 Å². The average Bonchev–Trinajstić information content (AvgIpc) is 2.13. The van der Waals surface area contributed by atoms with E-state index in [0.29, 0.717) is 6.61 Å². The third kappa shape index (κ3) is 6.03. The van der Waals surface area contributed by atoms with Gasteiger partial charge in [0.05, 0.1) is 6.61 Å². The van der Waals surface area contributed by atoms with Crippen LogP contribution in [0.15, 0.2) is 0 Å². The van der Waals surface area contributed by atoms with E-state index in [1.807, 2.05) is 6.92 Å². The molecule has 0 saturated carbocycles. The number of aliphatic hydroxyl groups excluding tert-OH is 1. The van der Waals surface area contributed by atoms with Crippen LogP contribution in [-0.4, -0.2) is 48.5 Å². The number of amides is 1. The molecule has 2 atom stereocenters. The number of nitrogens with one attached hydrogen (secondary N) is 1. The van der Waals surface area contributed by atoms with Gasteiger partial charge in [-0.1, -0.05) is 6.92 Å². The van der Waals surface area contributed by atoms with Crippen molar-refractivity contribution in [3.05, 3.63) is 0 Å². The Morgan fingerprint density at radius 3 is 2.47 bits per heavy atom. The summed E-state index contributed by atoms with van der Waals surface area (Å²) in [6.45, 7) is 1.64. The minimum absolute atomic E-state index is 0.0168. The van der Waals surface area contributed by atoms with Gasteiger partial charge in [0.25, 0.3) is 0 Å². The van der Waals surface area contributed by atoms with Gasteiger partial charge in [-0.3, -0.25) is 4.79 Å². The Kier molecular flexibility index (Phi) is 6.64. The Labute approximate surface area is 88.2 Å². The van der Waals surface area contributed by atoms with Crippen LogP contribution in [0.5, 0.6) is 0 Å². The smallest absolute Gasteiger partial charge is 0.328 e. The molecule has 15 heavy (non-hydrogen) atoms. The number of aliphatic hydroxyl groups is 1. The van der Waals surface area contributed by atoms with E-state index in [9.17, 15) is 9.59 Å². The molecule has 1 unspecified atom stereocenters. The van der Waals surface area contributed by atoms with E-state index < -0.39 is 24.5 Å². The molecular formula is C9H17NO5. The number of rotatable bonds is 7. The maximum Gasteiger partial charge on any atom is 0.328 e. The predicted molar refractivity (Wildman–Crippen MR) is 52.3 cm³/mol. The van der Waals surface area contributed by atoms with Crippen LogP contribution in [0.2, 0.25) is 0 Å². The molecule has 0 aliphatic heterocycles. The van der Waals surface area contributed by atoms with Crippen molar-refractivity contribution in [2.75, 3.05) is 20.3 Å². The molecule has 0 fully saturated rings. The van der Waals surface area contributed by atoms with Crippen LogP contribution >= 0.6 is 0 Å². The number of carbonyl (C=O) groups is 2. The maximum atomic E-state index is 11.3. The van der Waals surface area contributed by atoms with Crippen LogP contribution in [0.1, 0.15) is 13.3 Å². The summed E-state index contributed by atoms with van der Waals surface area (Å²) in [7, 11) is 1.53. The first-order chi connectivity index (χ1) is 7.01. The lowest BCUT2D eigenvalue weighted by Gasteiger charge is -2.14. The summed E-state index contributed by atoms with van der Waals surface area (Å²) < 4.78 is 4.84. The fourth-order valence-corrected chi connectivity index (χ4v) is 1.10. The van der Waals surface area contributed by atoms with Gasteiger partial charge in [-0.05, 0) is 5.92 Å². The molecule has 6 nitrogen and oxygen atoms in total.